The Morgan fingerprint density at radius 1 is 1.35 bits per heavy atom. The number of nitrogens with one attached hydrogen (secondary N) is 1. The van der Waals surface area contributed by atoms with Crippen LogP contribution in [0.3, 0.4) is 0 Å². The van der Waals surface area contributed by atoms with Gasteiger partial charge in [-0.25, -0.2) is 0 Å². The number of aromatic nitrogens is 2. The smallest absolute Gasteiger partial charge is 0.376 e. The lowest BCUT2D eigenvalue weighted by Crippen LogP contribution is -2.29. The number of ether oxygens (including phenoxy) is 1. The van der Waals surface area contributed by atoms with Crippen molar-refractivity contribution in [2.75, 3.05) is 13.2 Å². The van der Waals surface area contributed by atoms with E-state index in [1.807, 2.05) is 0 Å². The van der Waals surface area contributed by atoms with Gasteiger partial charge < -0.3 is 10.1 Å². The average molecular weight is 388 g/mol. The van der Waals surface area contributed by atoms with Crippen molar-refractivity contribution in [2.45, 2.75) is 32.2 Å². The summed E-state index contributed by atoms with van der Waals surface area (Å²) >= 11 is 6.01. The van der Waals surface area contributed by atoms with E-state index in [1.165, 1.54) is 4.68 Å². The molecule has 1 amide bonds. The Hall–Kier alpha value is -2.06. The summed E-state index contributed by atoms with van der Waals surface area (Å²) in [5, 5.41) is 6.89. The molecule has 1 N–H and O–H groups in total. The first-order valence-corrected chi connectivity index (χ1v) is 8.47. The number of fused-ring (bicyclic) bond motifs is 1. The monoisotopic (exact) mass is 387 g/mol. The van der Waals surface area contributed by atoms with Gasteiger partial charge in [-0.05, 0) is 11.6 Å². The van der Waals surface area contributed by atoms with E-state index < -0.39 is 11.9 Å². The maximum atomic E-state index is 13.1. The van der Waals surface area contributed by atoms with Gasteiger partial charge in [-0.1, -0.05) is 29.8 Å². The predicted octanol–water partition coefficient (Wildman–Crippen LogP) is 2.99. The predicted molar refractivity (Wildman–Crippen MR) is 88.8 cm³/mol. The minimum absolute atomic E-state index is 0.0890. The lowest BCUT2D eigenvalue weighted by atomic mass is 10.1. The molecule has 140 valence electrons. The van der Waals surface area contributed by atoms with Gasteiger partial charge in [-0.15, -0.1) is 0 Å². The highest BCUT2D eigenvalue weighted by Gasteiger charge is 2.39. The fourth-order valence-electron chi connectivity index (χ4n) is 2.90. The molecule has 1 aliphatic heterocycles. The summed E-state index contributed by atoms with van der Waals surface area (Å²) in [5.74, 6) is -0.251. The second kappa shape index (κ2) is 7.67. The lowest BCUT2D eigenvalue weighted by Gasteiger charge is -2.15. The van der Waals surface area contributed by atoms with Crippen LogP contribution in [0.4, 0.5) is 13.2 Å². The molecule has 3 rings (SSSR count). The minimum Gasteiger partial charge on any atom is -0.376 e. The SMILES string of the molecule is O=C(Cc1ccccc1Cl)NCCn1nc(C(F)(F)F)c2c1CCOC2. The van der Waals surface area contributed by atoms with Gasteiger partial charge >= 0.3 is 6.18 Å². The number of rotatable bonds is 5. The van der Waals surface area contributed by atoms with Crippen LogP contribution in [-0.4, -0.2) is 28.8 Å². The number of nitrogens with zero attached hydrogens (tertiary/aromatic N) is 2. The Labute approximate surface area is 153 Å². The second-order valence-electron chi connectivity index (χ2n) is 5.92. The molecule has 0 spiro atoms. The maximum Gasteiger partial charge on any atom is 0.435 e. The van der Waals surface area contributed by atoms with E-state index in [1.54, 1.807) is 24.3 Å². The van der Waals surface area contributed by atoms with Crippen molar-refractivity contribution in [1.82, 2.24) is 15.1 Å². The van der Waals surface area contributed by atoms with Crippen molar-refractivity contribution >= 4 is 17.5 Å². The summed E-state index contributed by atoms with van der Waals surface area (Å²) in [6, 6.07) is 7.00. The minimum atomic E-state index is -4.52. The van der Waals surface area contributed by atoms with Crippen LogP contribution >= 0.6 is 11.6 Å². The number of alkyl halides is 3. The Bertz CT molecular complexity index is 805. The summed E-state index contributed by atoms with van der Waals surface area (Å²) in [4.78, 5) is 12.0. The molecule has 0 atom stereocenters. The lowest BCUT2D eigenvalue weighted by molar-refractivity contribution is -0.142. The van der Waals surface area contributed by atoms with Crippen LogP contribution in [0.2, 0.25) is 5.02 Å². The third-order valence-corrected chi connectivity index (χ3v) is 4.49. The topological polar surface area (TPSA) is 56.2 Å². The number of amides is 1. The summed E-state index contributed by atoms with van der Waals surface area (Å²) in [6.07, 6.45) is -4.05. The van der Waals surface area contributed by atoms with E-state index in [4.69, 9.17) is 16.3 Å². The molecule has 0 bridgehead atoms. The van der Waals surface area contributed by atoms with Crippen LogP contribution in [-0.2, 0) is 41.7 Å². The molecular formula is C17H17ClF3N3O2. The van der Waals surface area contributed by atoms with Crippen molar-refractivity contribution in [1.29, 1.82) is 0 Å². The highest BCUT2D eigenvalue weighted by atomic mass is 35.5. The molecule has 0 radical (unpaired) electrons. The number of hydrogen-bond donors (Lipinski definition) is 1. The molecule has 2 heterocycles. The normalized spacial score (nSPS) is 14.2. The highest BCUT2D eigenvalue weighted by molar-refractivity contribution is 6.31. The standard InChI is InChI=1S/C17H17ClF3N3O2/c18-13-4-2-1-3-11(13)9-15(25)22-6-7-24-14-5-8-26-10-12(14)16(23-24)17(19,20)21/h1-4H,5-10H2,(H,22,25). The number of hydrogen-bond acceptors (Lipinski definition) is 3. The summed E-state index contributed by atoms with van der Waals surface area (Å²) in [7, 11) is 0. The molecule has 5 nitrogen and oxygen atoms in total. The van der Waals surface area contributed by atoms with Gasteiger partial charge in [0.1, 0.15) is 0 Å². The zero-order chi connectivity index (χ0) is 18.7. The third-order valence-electron chi connectivity index (χ3n) is 4.12. The first kappa shape index (κ1) is 18.7. The highest BCUT2D eigenvalue weighted by Crippen LogP contribution is 2.34. The van der Waals surface area contributed by atoms with Gasteiger partial charge in [0.25, 0.3) is 0 Å². The van der Waals surface area contributed by atoms with Crippen LogP contribution in [0.15, 0.2) is 24.3 Å². The van der Waals surface area contributed by atoms with E-state index in [0.29, 0.717) is 29.3 Å². The van der Waals surface area contributed by atoms with Crippen molar-refractivity contribution in [2.24, 2.45) is 0 Å². The van der Waals surface area contributed by atoms with Crippen molar-refractivity contribution in [3.63, 3.8) is 0 Å². The molecule has 0 saturated heterocycles. The van der Waals surface area contributed by atoms with E-state index >= 15 is 0 Å². The number of halogens is 4. The fourth-order valence-corrected chi connectivity index (χ4v) is 3.10. The van der Waals surface area contributed by atoms with Gasteiger partial charge in [-0.2, -0.15) is 18.3 Å². The van der Waals surface area contributed by atoms with Gasteiger partial charge in [0.05, 0.1) is 26.2 Å². The van der Waals surface area contributed by atoms with Gasteiger partial charge in [0, 0.05) is 29.2 Å². The van der Waals surface area contributed by atoms with E-state index in [2.05, 4.69) is 10.4 Å². The molecule has 1 aromatic carbocycles. The largest absolute Gasteiger partial charge is 0.435 e. The molecule has 0 unspecified atom stereocenters. The number of carbonyl (C=O) groups is 1. The maximum absolute atomic E-state index is 13.1. The number of benzene rings is 1. The van der Waals surface area contributed by atoms with Gasteiger partial charge in [-0.3, -0.25) is 9.48 Å². The molecule has 0 aliphatic carbocycles. The van der Waals surface area contributed by atoms with Crippen molar-refractivity contribution < 1.29 is 22.7 Å². The molecule has 26 heavy (non-hydrogen) atoms. The average Bonchev–Trinajstić information content (AvgIpc) is 2.96. The van der Waals surface area contributed by atoms with Crippen LogP contribution < -0.4 is 5.32 Å². The zero-order valence-corrected chi connectivity index (χ0v) is 14.5. The molecule has 0 saturated carbocycles. The summed E-state index contributed by atoms with van der Waals surface area (Å²) < 4.78 is 45.8. The van der Waals surface area contributed by atoms with Crippen molar-refractivity contribution in [3.05, 3.63) is 51.8 Å². The first-order chi connectivity index (χ1) is 12.4. The Kier molecular flexibility index (Phi) is 5.52. The molecule has 0 fully saturated rings. The van der Waals surface area contributed by atoms with E-state index in [9.17, 15) is 18.0 Å². The van der Waals surface area contributed by atoms with Gasteiger partial charge in [0.15, 0.2) is 5.69 Å². The Morgan fingerprint density at radius 2 is 2.12 bits per heavy atom. The first-order valence-electron chi connectivity index (χ1n) is 8.10. The zero-order valence-electron chi connectivity index (χ0n) is 13.8. The summed E-state index contributed by atoms with van der Waals surface area (Å²) in [5.41, 5.74) is 0.393. The second-order valence-corrected chi connectivity index (χ2v) is 6.32. The van der Waals surface area contributed by atoms with Crippen LogP contribution in [0, 0.1) is 0 Å². The van der Waals surface area contributed by atoms with Crippen LogP contribution in [0.1, 0.15) is 22.5 Å². The van der Waals surface area contributed by atoms with Crippen LogP contribution in [0.25, 0.3) is 0 Å². The van der Waals surface area contributed by atoms with Gasteiger partial charge in [0.2, 0.25) is 5.91 Å². The molecule has 1 aliphatic rings. The Balaban J connectivity index is 1.62. The van der Waals surface area contributed by atoms with Crippen LogP contribution in [0.5, 0.6) is 0 Å². The quantitative estimate of drug-likeness (QED) is 0.858. The summed E-state index contributed by atoms with van der Waals surface area (Å²) in [6.45, 7) is 0.597. The number of carbonyl (C=O) groups excluding carboxylic acids is 1. The Morgan fingerprint density at radius 3 is 2.85 bits per heavy atom. The third kappa shape index (κ3) is 4.19. The fraction of sp³-hybridized carbons (Fsp3) is 0.412. The molecule has 9 heteroatoms. The van der Waals surface area contributed by atoms with Crippen molar-refractivity contribution in [3.8, 4) is 0 Å². The van der Waals surface area contributed by atoms with E-state index in [0.717, 1.165) is 0 Å². The van der Waals surface area contributed by atoms with E-state index in [-0.39, 0.29) is 37.6 Å². The molecular weight excluding hydrogens is 371 g/mol. The molecule has 2 aromatic rings. The molecule has 1 aromatic heterocycles.